The minimum Gasteiger partial charge on any atom is -0.398 e. The van der Waals surface area contributed by atoms with Gasteiger partial charge in [0, 0.05) is 36.6 Å². The summed E-state index contributed by atoms with van der Waals surface area (Å²) in [5.74, 6) is 0. The van der Waals surface area contributed by atoms with Crippen LogP contribution in [0.4, 0.5) is 5.69 Å². The van der Waals surface area contributed by atoms with Crippen LogP contribution in [0.3, 0.4) is 0 Å². The topological polar surface area (TPSA) is 71.2 Å². The molecule has 0 aromatic carbocycles. The first kappa shape index (κ1) is 13.9. The summed E-state index contributed by atoms with van der Waals surface area (Å²) in [5, 5.41) is 13.6. The highest BCUT2D eigenvalue weighted by Gasteiger charge is 2.24. The van der Waals surface area contributed by atoms with Crippen molar-refractivity contribution in [1.82, 2.24) is 10.3 Å². The molecule has 1 rings (SSSR count). The lowest BCUT2D eigenvalue weighted by Crippen LogP contribution is -2.47. The Hall–Kier alpha value is -1.13. The molecule has 4 N–H and O–H groups in total. The first-order valence-corrected chi connectivity index (χ1v) is 5.85. The van der Waals surface area contributed by atoms with Crippen molar-refractivity contribution in [3.05, 3.63) is 24.0 Å². The smallest absolute Gasteiger partial charge is 0.0785 e. The van der Waals surface area contributed by atoms with Crippen molar-refractivity contribution in [3.63, 3.8) is 0 Å². The average Bonchev–Trinajstić information content (AvgIpc) is 2.18. The average molecular weight is 237 g/mol. The zero-order valence-electron chi connectivity index (χ0n) is 11.1. The highest BCUT2D eigenvalue weighted by Crippen LogP contribution is 2.17. The van der Waals surface area contributed by atoms with Gasteiger partial charge in [-0.05, 0) is 39.3 Å². The molecule has 0 radical (unpaired) electrons. The van der Waals surface area contributed by atoms with Gasteiger partial charge in [0.1, 0.15) is 0 Å². The second kappa shape index (κ2) is 5.02. The molecule has 4 nitrogen and oxygen atoms in total. The molecule has 0 aliphatic carbocycles. The molecule has 1 heterocycles. The molecule has 0 amide bonds. The van der Waals surface area contributed by atoms with Crippen LogP contribution in [-0.2, 0) is 6.42 Å². The van der Waals surface area contributed by atoms with E-state index in [0.717, 1.165) is 5.56 Å². The Labute approximate surface area is 103 Å². The van der Waals surface area contributed by atoms with Gasteiger partial charge in [0.2, 0.25) is 0 Å². The molecule has 0 aliphatic heterocycles. The van der Waals surface area contributed by atoms with Crippen LogP contribution >= 0.6 is 0 Å². The van der Waals surface area contributed by atoms with E-state index in [4.69, 9.17) is 5.73 Å². The number of nitrogens with one attached hydrogen (secondary N) is 1. The monoisotopic (exact) mass is 237 g/mol. The quantitative estimate of drug-likeness (QED) is 0.739. The zero-order chi connectivity index (χ0) is 13.1. The molecular weight excluding hydrogens is 214 g/mol. The highest BCUT2D eigenvalue weighted by molar-refractivity contribution is 5.44. The van der Waals surface area contributed by atoms with Crippen molar-refractivity contribution >= 4 is 5.69 Å². The molecule has 1 aromatic heterocycles. The first-order chi connectivity index (χ1) is 7.70. The number of aliphatic hydroxyl groups is 1. The maximum absolute atomic E-state index is 10.3. The second-order valence-electron chi connectivity index (χ2n) is 5.85. The van der Waals surface area contributed by atoms with E-state index in [2.05, 4.69) is 31.1 Å². The van der Waals surface area contributed by atoms with E-state index >= 15 is 0 Å². The summed E-state index contributed by atoms with van der Waals surface area (Å²) in [4.78, 5) is 4.03. The highest BCUT2D eigenvalue weighted by atomic mass is 16.3. The summed E-state index contributed by atoms with van der Waals surface area (Å²) in [7, 11) is 0. The van der Waals surface area contributed by atoms with E-state index in [0.29, 0.717) is 18.7 Å². The van der Waals surface area contributed by atoms with Crippen LogP contribution in [0.2, 0.25) is 0 Å². The minimum absolute atomic E-state index is 0.00945. The number of β-amino-alcohol motifs (C(OH)–C–C–N with tert-alkyl or cyclic N) is 1. The van der Waals surface area contributed by atoms with Crippen molar-refractivity contribution < 1.29 is 5.11 Å². The largest absolute Gasteiger partial charge is 0.398 e. The van der Waals surface area contributed by atoms with Crippen LogP contribution in [0.15, 0.2) is 18.5 Å². The standard InChI is InChI=1S/C13H23N3O/c1-12(2,3)16-9-13(4,17)7-10-8-15-6-5-11(10)14/h5-6,8,16-17H,7,9H2,1-4H3,(H2,14,15). The first-order valence-electron chi connectivity index (χ1n) is 5.85. The fraction of sp³-hybridized carbons (Fsp3) is 0.615. The number of nitrogen functional groups attached to an aromatic ring is 1. The van der Waals surface area contributed by atoms with Gasteiger partial charge >= 0.3 is 0 Å². The molecule has 1 unspecified atom stereocenters. The van der Waals surface area contributed by atoms with Crippen LogP contribution in [0.5, 0.6) is 0 Å². The molecule has 0 bridgehead atoms. The third-order valence-corrected chi connectivity index (χ3v) is 2.51. The number of aromatic nitrogens is 1. The Morgan fingerprint density at radius 2 is 2.00 bits per heavy atom. The van der Waals surface area contributed by atoms with Gasteiger partial charge in [0.15, 0.2) is 0 Å². The van der Waals surface area contributed by atoms with Crippen LogP contribution < -0.4 is 11.1 Å². The molecule has 1 aromatic rings. The Kier molecular flexibility index (Phi) is 4.11. The lowest BCUT2D eigenvalue weighted by atomic mass is 9.95. The number of hydrogen-bond acceptors (Lipinski definition) is 4. The molecule has 1 atom stereocenters. The van der Waals surface area contributed by atoms with Crippen LogP contribution in [0.1, 0.15) is 33.3 Å². The maximum Gasteiger partial charge on any atom is 0.0785 e. The maximum atomic E-state index is 10.3. The molecule has 0 aliphatic rings. The van der Waals surface area contributed by atoms with Gasteiger partial charge < -0.3 is 16.2 Å². The minimum atomic E-state index is -0.829. The van der Waals surface area contributed by atoms with E-state index in [1.807, 2.05) is 0 Å². The Morgan fingerprint density at radius 3 is 2.53 bits per heavy atom. The van der Waals surface area contributed by atoms with Gasteiger partial charge in [-0.25, -0.2) is 0 Å². The number of rotatable bonds is 4. The summed E-state index contributed by atoms with van der Waals surface area (Å²) < 4.78 is 0. The number of anilines is 1. The van der Waals surface area contributed by atoms with E-state index < -0.39 is 5.60 Å². The van der Waals surface area contributed by atoms with Crippen LogP contribution in [-0.4, -0.2) is 27.8 Å². The normalized spacial score (nSPS) is 15.6. The second-order valence-corrected chi connectivity index (χ2v) is 5.85. The van der Waals surface area contributed by atoms with Crippen molar-refractivity contribution in [2.45, 2.75) is 45.3 Å². The molecule has 17 heavy (non-hydrogen) atoms. The molecule has 0 spiro atoms. The van der Waals surface area contributed by atoms with Crippen LogP contribution in [0, 0.1) is 0 Å². The van der Waals surface area contributed by atoms with Gasteiger partial charge in [0.25, 0.3) is 0 Å². The predicted octanol–water partition coefficient (Wildman–Crippen LogP) is 1.35. The van der Waals surface area contributed by atoms with Gasteiger partial charge in [-0.3, -0.25) is 4.98 Å². The Balaban J connectivity index is 2.64. The van der Waals surface area contributed by atoms with E-state index in [1.165, 1.54) is 0 Å². The third kappa shape index (κ3) is 5.15. The lowest BCUT2D eigenvalue weighted by molar-refractivity contribution is 0.0535. The lowest BCUT2D eigenvalue weighted by Gasteiger charge is -2.29. The fourth-order valence-electron chi connectivity index (χ4n) is 1.51. The van der Waals surface area contributed by atoms with Crippen molar-refractivity contribution in [2.24, 2.45) is 0 Å². The van der Waals surface area contributed by atoms with Crippen molar-refractivity contribution in [3.8, 4) is 0 Å². The molecule has 0 saturated heterocycles. The van der Waals surface area contributed by atoms with Gasteiger partial charge in [-0.15, -0.1) is 0 Å². The molecule has 96 valence electrons. The summed E-state index contributed by atoms with van der Waals surface area (Å²) in [6, 6.07) is 1.75. The van der Waals surface area contributed by atoms with Gasteiger partial charge in [0.05, 0.1) is 5.60 Å². The third-order valence-electron chi connectivity index (χ3n) is 2.51. The number of hydrogen-bond donors (Lipinski definition) is 3. The molecule has 0 saturated carbocycles. The van der Waals surface area contributed by atoms with Gasteiger partial charge in [-0.1, -0.05) is 0 Å². The number of nitrogens with two attached hydrogens (primary N) is 1. The molecular formula is C13H23N3O. The van der Waals surface area contributed by atoms with Crippen molar-refractivity contribution in [2.75, 3.05) is 12.3 Å². The zero-order valence-corrected chi connectivity index (χ0v) is 11.1. The van der Waals surface area contributed by atoms with E-state index in [-0.39, 0.29) is 5.54 Å². The SMILES string of the molecule is CC(O)(CNC(C)(C)C)Cc1cnccc1N. The summed E-state index contributed by atoms with van der Waals surface area (Å²) in [6.45, 7) is 8.54. The predicted molar refractivity (Wildman–Crippen MR) is 70.7 cm³/mol. The van der Waals surface area contributed by atoms with Crippen molar-refractivity contribution in [1.29, 1.82) is 0 Å². The number of pyridine rings is 1. The Morgan fingerprint density at radius 1 is 1.35 bits per heavy atom. The number of nitrogens with zero attached hydrogens (tertiary/aromatic N) is 1. The fourth-order valence-corrected chi connectivity index (χ4v) is 1.51. The van der Waals surface area contributed by atoms with E-state index in [9.17, 15) is 5.11 Å². The van der Waals surface area contributed by atoms with Crippen LogP contribution in [0.25, 0.3) is 0 Å². The Bertz CT molecular complexity index is 369. The molecule has 0 fully saturated rings. The summed E-state index contributed by atoms with van der Waals surface area (Å²) >= 11 is 0. The van der Waals surface area contributed by atoms with E-state index in [1.54, 1.807) is 25.4 Å². The summed E-state index contributed by atoms with van der Waals surface area (Å²) in [6.07, 6.45) is 3.86. The van der Waals surface area contributed by atoms with Gasteiger partial charge in [-0.2, -0.15) is 0 Å². The molecule has 4 heteroatoms. The summed E-state index contributed by atoms with van der Waals surface area (Å²) in [5.41, 5.74) is 6.56.